The van der Waals surface area contributed by atoms with Gasteiger partial charge >= 0.3 is 0 Å². The summed E-state index contributed by atoms with van der Waals surface area (Å²) in [5, 5.41) is 11.8. The molecule has 96 valence electrons. The SMILES string of the molecule is CC(=O)NCc1ccc(C(=O)N2CC(O)C2)cc1. The number of nitrogens with zero attached hydrogens (tertiary/aromatic N) is 1. The van der Waals surface area contributed by atoms with Gasteiger partial charge in [-0.05, 0) is 17.7 Å². The number of likely N-dealkylation sites (tertiary alicyclic amines) is 1. The van der Waals surface area contributed by atoms with Crippen LogP contribution in [0.3, 0.4) is 0 Å². The highest BCUT2D eigenvalue weighted by Crippen LogP contribution is 2.13. The summed E-state index contributed by atoms with van der Waals surface area (Å²) in [4.78, 5) is 24.3. The molecular formula is C13H16N2O3. The van der Waals surface area contributed by atoms with Crippen molar-refractivity contribution in [3.05, 3.63) is 35.4 Å². The molecule has 1 heterocycles. The summed E-state index contributed by atoms with van der Waals surface area (Å²) in [6, 6.07) is 7.12. The van der Waals surface area contributed by atoms with E-state index in [9.17, 15) is 9.59 Å². The average molecular weight is 248 g/mol. The Labute approximate surface area is 105 Å². The Morgan fingerprint density at radius 2 is 1.94 bits per heavy atom. The normalized spacial score (nSPS) is 15.1. The highest BCUT2D eigenvalue weighted by Gasteiger charge is 2.29. The lowest BCUT2D eigenvalue weighted by atomic mass is 10.1. The van der Waals surface area contributed by atoms with Crippen LogP contribution in [0.4, 0.5) is 0 Å². The number of nitrogens with one attached hydrogen (secondary N) is 1. The topological polar surface area (TPSA) is 69.6 Å². The van der Waals surface area contributed by atoms with Crippen molar-refractivity contribution >= 4 is 11.8 Å². The Morgan fingerprint density at radius 1 is 1.33 bits per heavy atom. The molecule has 18 heavy (non-hydrogen) atoms. The Kier molecular flexibility index (Phi) is 3.62. The van der Waals surface area contributed by atoms with Crippen molar-refractivity contribution in [2.24, 2.45) is 0 Å². The molecule has 1 aromatic carbocycles. The third kappa shape index (κ3) is 2.87. The number of benzene rings is 1. The van der Waals surface area contributed by atoms with E-state index in [1.54, 1.807) is 17.0 Å². The number of aliphatic hydroxyl groups is 1. The largest absolute Gasteiger partial charge is 0.389 e. The minimum absolute atomic E-state index is 0.0635. The molecule has 0 unspecified atom stereocenters. The van der Waals surface area contributed by atoms with Crippen molar-refractivity contribution in [1.82, 2.24) is 10.2 Å². The van der Waals surface area contributed by atoms with Crippen LogP contribution in [0, 0.1) is 0 Å². The van der Waals surface area contributed by atoms with Gasteiger partial charge in [0.2, 0.25) is 5.91 Å². The third-order valence-electron chi connectivity index (χ3n) is 2.89. The summed E-state index contributed by atoms with van der Waals surface area (Å²) >= 11 is 0. The first-order chi connectivity index (χ1) is 8.56. The van der Waals surface area contributed by atoms with Crippen LogP contribution in [0.5, 0.6) is 0 Å². The zero-order valence-electron chi connectivity index (χ0n) is 10.2. The molecule has 1 saturated heterocycles. The molecule has 0 aliphatic carbocycles. The van der Waals surface area contributed by atoms with Crippen LogP contribution in [-0.4, -0.2) is 41.0 Å². The Balaban J connectivity index is 1.94. The Bertz CT molecular complexity index is 450. The molecular weight excluding hydrogens is 232 g/mol. The maximum Gasteiger partial charge on any atom is 0.254 e. The number of aliphatic hydroxyl groups excluding tert-OH is 1. The van der Waals surface area contributed by atoms with Gasteiger partial charge in [-0.25, -0.2) is 0 Å². The van der Waals surface area contributed by atoms with Crippen LogP contribution < -0.4 is 5.32 Å². The molecule has 0 bridgehead atoms. The van der Waals surface area contributed by atoms with Gasteiger partial charge in [0.25, 0.3) is 5.91 Å². The molecule has 2 N–H and O–H groups in total. The van der Waals surface area contributed by atoms with Crippen LogP contribution >= 0.6 is 0 Å². The number of β-amino-alcohol motifs (C(OH)–C–C–N with tert-alkyl or cyclic N) is 1. The number of hydrogen-bond donors (Lipinski definition) is 2. The van der Waals surface area contributed by atoms with E-state index in [4.69, 9.17) is 5.11 Å². The smallest absolute Gasteiger partial charge is 0.254 e. The van der Waals surface area contributed by atoms with E-state index in [1.807, 2.05) is 12.1 Å². The molecule has 0 aromatic heterocycles. The highest BCUT2D eigenvalue weighted by atomic mass is 16.3. The molecule has 1 fully saturated rings. The van der Waals surface area contributed by atoms with Gasteiger partial charge in [-0.15, -0.1) is 0 Å². The first-order valence-electron chi connectivity index (χ1n) is 5.87. The summed E-state index contributed by atoms with van der Waals surface area (Å²) < 4.78 is 0. The first kappa shape index (κ1) is 12.6. The van der Waals surface area contributed by atoms with Crippen LogP contribution in [-0.2, 0) is 11.3 Å². The molecule has 0 radical (unpaired) electrons. The number of amides is 2. The van der Waals surface area contributed by atoms with Crippen LogP contribution in [0.1, 0.15) is 22.8 Å². The minimum atomic E-state index is -0.381. The number of rotatable bonds is 3. The van der Waals surface area contributed by atoms with E-state index in [2.05, 4.69) is 5.32 Å². The second kappa shape index (κ2) is 5.18. The molecule has 1 aliphatic heterocycles. The van der Waals surface area contributed by atoms with E-state index in [1.165, 1.54) is 6.92 Å². The molecule has 2 amide bonds. The lowest BCUT2D eigenvalue weighted by Crippen LogP contribution is -2.53. The van der Waals surface area contributed by atoms with Crippen molar-refractivity contribution in [2.45, 2.75) is 19.6 Å². The lowest BCUT2D eigenvalue weighted by Gasteiger charge is -2.35. The van der Waals surface area contributed by atoms with E-state index >= 15 is 0 Å². The number of carbonyl (C=O) groups excluding carboxylic acids is 2. The maximum atomic E-state index is 11.9. The van der Waals surface area contributed by atoms with Gasteiger partial charge in [0, 0.05) is 32.1 Å². The van der Waals surface area contributed by atoms with Gasteiger partial charge < -0.3 is 15.3 Å². The molecule has 0 atom stereocenters. The molecule has 5 nitrogen and oxygen atoms in total. The predicted octanol–water partition coefficient (Wildman–Crippen LogP) is 0.139. The van der Waals surface area contributed by atoms with E-state index in [-0.39, 0.29) is 17.9 Å². The number of hydrogen-bond acceptors (Lipinski definition) is 3. The fourth-order valence-corrected chi connectivity index (χ4v) is 1.80. The van der Waals surface area contributed by atoms with Gasteiger partial charge in [0.15, 0.2) is 0 Å². The number of carbonyl (C=O) groups is 2. The van der Waals surface area contributed by atoms with Crippen molar-refractivity contribution in [2.75, 3.05) is 13.1 Å². The zero-order chi connectivity index (χ0) is 13.1. The summed E-state index contributed by atoms with van der Waals surface area (Å²) in [5.41, 5.74) is 1.55. The average Bonchev–Trinajstić information content (AvgIpc) is 2.32. The molecule has 0 saturated carbocycles. The summed E-state index contributed by atoms with van der Waals surface area (Å²) in [5.74, 6) is -0.143. The second-order valence-electron chi connectivity index (χ2n) is 4.47. The van der Waals surface area contributed by atoms with Crippen molar-refractivity contribution in [3.8, 4) is 0 Å². The fraction of sp³-hybridized carbons (Fsp3) is 0.385. The second-order valence-corrected chi connectivity index (χ2v) is 4.47. The van der Waals surface area contributed by atoms with Crippen LogP contribution in [0.25, 0.3) is 0 Å². The van der Waals surface area contributed by atoms with E-state index in [0.29, 0.717) is 25.2 Å². The molecule has 1 aliphatic rings. The van der Waals surface area contributed by atoms with Crippen molar-refractivity contribution < 1.29 is 14.7 Å². The summed E-state index contributed by atoms with van der Waals surface area (Å²) in [7, 11) is 0. The predicted molar refractivity (Wildman–Crippen MR) is 65.9 cm³/mol. The quantitative estimate of drug-likeness (QED) is 0.799. The first-order valence-corrected chi connectivity index (χ1v) is 5.87. The van der Waals surface area contributed by atoms with Gasteiger partial charge in [0.05, 0.1) is 6.10 Å². The monoisotopic (exact) mass is 248 g/mol. The van der Waals surface area contributed by atoms with Crippen molar-refractivity contribution in [1.29, 1.82) is 0 Å². The lowest BCUT2D eigenvalue weighted by molar-refractivity contribution is -0.119. The molecule has 2 rings (SSSR count). The Hall–Kier alpha value is -1.88. The van der Waals surface area contributed by atoms with Crippen LogP contribution in [0.2, 0.25) is 0 Å². The third-order valence-corrected chi connectivity index (χ3v) is 2.89. The van der Waals surface area contributed by atoms with Crippen molar-refractivity contribution in [3.63, 3.8) is 0 Å². The zero-order valence-corrected chi connectivity index (χ0v) is 10.2. The summed E-state index contributed by atoms with van der Waals surface area (Å²) in [6.45, 7) is 2.75. The van der Waals surface area contributed by atoms with E-state index < -0.39 is 0 Å². The van der Waals surface area contributed by atoms with Gasteiger partial charge in [-0.2, -0.15) is 0 Å². The van der Waals surface area contributed by atoms with Gasteiger partial charge in [0.1, 0.15) is 0 Å². The Morgan fingerprint density at radius 3 is 2.44 bits per heavy atom. The minimum Gasteiger partial charge on any atom is -0.389 e. The highest BCUT2D eigenvalue weighted by molar-refractivity contribution is 5.94. The van der Waals surface area contributed by atoms with E-state index in [0.717, 1.165) is 5.56 Å². The summed E-state index contributed by atoms with van der Waals surface area (Å²) in [6.07, 6.45) is -0.381. The van der Waals surface area contributed by atoms with Gasteiger partial charge in [-0.3, -0.25) is 9.59 Å². The maximum absolute atomic E-state index is 11.9. The molecule has 5 heteroatoms. The molecule has 0 spiro atoms. The van der Waals surface area contributed by atoms with Crippen LogP contribution in [0.15, 0.2) is 24.3 Å². The standard InChI is InChI=1S/C13H16N2O3/c1-9(16)14-6-10-2-4-11(5-3-10)13(18)15-7-12(17)8-15/h2-5,12,17H,6-8H2,1H3,(H,14,16). The van der Waals surface area contributed by atoms with Gasteiger partial charge in [-0.1, -0.05) is 12.1 Å². The molecule has 1 aromatic rings. The fourth-order valence-electron chi connectivity index (χ4n) is 1.80.